The maximum absolute atomic E-state index is 15.2. The van der Waals surface area contributed by atoms with E-state index in [1.165, 1.54) is 0 Å². The van der Waals surface area contributed by atoms with Gasteiger partial charge in [0, 0.05) is 5.56 Å². The van der Waals surface area contributed by atoms with Crippen molar-refractivity contribution in [2.75, 3.05) is 0 Å². The highest BCUT2D eigenvalue weighted by atomic mass is 19.2. The summed E-state index contributed by atoms with van der Waals surface area (Å²) >= 11 is 0. The summed E-state index contributed by atoms with van der Waals surface area (Å²) in [5.41, 5.74) is 1.74. The molecule has 5 heteroatoms. The normalized spacial score (nSPS) is 24.1. The van der Waals surface area contributed by atoms with Crippen LogP contribution in [0.3, 0.4) is 0 Å². The lowest BCUT2D eigenvalue weighted by Gasteiger charge is -2.36. The monoisotopic (exact) mass is 418 g/mol. The van der Waals surface area contributed by atoms with Crippen molar-refractivity contribution in [3.8, 4) is 11.1 Å². The van der Waals surface area contributed by atoms with Gasteiger partial charge in [0.1, 0.15) is 5.82 Å². The number of fused-ring (bicyclic) bond motifs is 1. The Kier molecular flexibility index (Phi) is 6.16. The number of benzene rings is 2. The number of ether oxygens (including phenoxy) is 1. The van der Waals surface area contributed by atoms with Crippen LogP contribution in [0.15, 0.2) is 36.6 Å². The third-order valence-electron chi connectivity index (χ3n) is 6.67. The van der Waals surface area contributed by atoms with Gasteiger partial charge < -0.3 is 4.74 Å². The van der Waals surface area contributed by atoms with E-state index >= 15 is 4.39 Å². The van der Waals surface area contributed by atoms with E-state index in [1.807, 2.05) is 19.1 Å². The Balaban J connectivity index is 1.49. The summed E-state index contributed by atoms with van der Waals surface area (Å²) in [6, 6.07) is 5.12. The average molecular weight is 418 g/mol. The van der Waals surface area contributed by atoms with Crippen LogP contribution in [0, 0.1) is 35.1 Å². The molecule has 4 rings (SSSR count). The molecule has 0 amide bonds. The predicted octanol–water partition coefficient (Wildman–Crippen LogP) is 7.12. The van der Waals surface area contributed by atoms with Gasteiger partial charge in [-0.1, -0.05) is 18.2 Å². The summed E-state index contributed by atoms with van der Waals surface area (Å²) in [5.74, 6) is -3.46. The molecule has 0 N–H and O–H groups in total. The first-order valence-corrected chi connectivity index (χ1v) is 10.7. The Morgan fingerprint density at radius 2 is 1.57 bits per heavy atom. The van der Waals surface area contributed by atoms with Crippen LogP contribution in [0.5, 0.6) is 0 Å². The molecule has 1 fully saturated rings. The second-order valence-corrected chi connectivity index (χ2v) is 8.46. The first kappa shape index (κ1) is 21.0. The Morgan fingerprint density at radius 3 is 2.23 bits per heavy atom. The predicted molar refractivity (Wildman–Crippen MR) is 109 cm³/mol. The first-order valence-electron chi connectivity index (χ1n) is 10.7. The van der Waals surface area contributed by atoms with Crippen LogP contribution in [-0.2, 0) is 17.6 Å². The van der Waals surface area contributed by atoms with E-state index in [9.17, 15) is 13.2 Å². The molecule has 0 bridgehead atoms. The molecule has 2 aliphatic carbocycles. The van der Waals surface area contributed by atoms with E-state index in [2.05, 4.69) is 0 Å². The van der Waals surface area contributed by atoms with Crippen molar-refractivity contribution >= 4 is 0 Å². The Morgan fingerprint density at radius 1 is 0.867 bits per heavy atom. The lowest BCUT2D eigenvalue weighted by molar-refractivity contribution is 0.0715. The molecule has 30 heavy (non-hydrogen) atoms. The number of halogens is 4. The highest BCUT2D eigenvalue weighted by Gasteiger charge is 2.32. The molecule has 0 saturated heterocycles. The minimum Gasteiger partial charge on any atom is -0.498 e. The summed E-state index contributed by atoms with van der Waals surface area (Å²) in [4.78, 5) is 0. The quantitative estimate of drug-likeness (QED) is 0.292. The van der Waals surface area contributed by atoms with E-state index in [1.54, 1.807) is 12.3 Å². The van der Waals surface area contributed by atoms with Crippen molar-refractivity contribution in [2.45, 2.75) is 58.0 Å². The Labute approximate surface area is 174 Å². The molecule has 2 aromatic rings. The van der Waals surface area contributed by atoms with Crippen LogP contribution in [0.2, 0.25) is 0 Å². The van der Waals surface area contributed by atoms with E-state index in [4.69, 9.17) is 4.74 Å². The van der Waals surface area contributed by atoms with Crippen LogP contribution in [-0.4, -0.2) is 6.10 Å². The fourth-order valence-corrected chi connectivity index (χ4v) is 5.06. The molecule has 0 aromatic heterocycles. The molecule has 1 unspecified atom stereocenters. The van der Waals surface area contributed by atoms with E-state index in [0.29, 0.717) is 29.9 Å². The van der Waals surface area contributed by atoms with Gasteiger partial charge in [-0.3, -0.25) is 0 Å². The van der Waals surface area contributed by atoms with E-state index in [-0.39, 0.29) is 11.1 Å². The molecular weight excluding hydrogens is 392 g/mol. The van der Waals surface area contributed by atoms with Gasteiger partial charge in [-0.15, -0.1) is 0 Å². The standard InChI is InChI=1S/C25H26F4O/c1-2-11-30-19-7-3-15(4-8-19)16-5-9-20-17(12-16)6-10-21(24(20)28)18-13-22(26)25(29)23(27)14-18/h2,6,10-11,13-16,19H,3-5,7-9,12H2,1H3/b11-2-. The maximum atomic E-state index is 15.2. The second kappa shape index (κ2) is 8.83. The van der Waals surface area contributed by atoms with Gasteiger partial charge >= 0.3 is 0 Å². The molecule has 0 radical (unpaired) electrons. The van der Waals surface area contributed by atoms with Crippen LogP contribution in [0.4, 0.5) is 17.6 Å². The third-order valence-corrected chi connectivity index (χ3v) is 6.67. The molecule has 160 valence electrons. The van der Waals surface area contributed by atoms with Gasteiger partial charge in [0.2, 0.25) is 0 Å². The molecular formula is C25H26F4O. The SMILES string of the molecule is C/C=C\OC1CCC(C2CCc3c(ccc(-c4cc(F)c(F)c(F)c4)c3F)C2)CC1. The van der Waals surface area contributed by atoms with Crippen LogP contribution < -0.4 is 0 Å². The minimum atomic E-state index is -1.54. The molecule has 1 atom stereocenters. The second-order valence-electron chi connectivity index (χ2n) is 8.46. The third kappa shape index (κ3) is 4.12. The number of hydrogen-bond acceptors (Lipinski definition) is 1. The van der Waals surface area contributed by atoms with Crippen LogP contribution >= 0.6 is 0 Å². The Hall–Kier alpha value is -2.30. The van der Waals surface area contributed by atoms with E-state index < -0.39 is 23.3 Å². The lowest BCUT2D eigenvalue weighted by atomic mass is 9.71. The van der Waals surface area contributed by atoms with Crippen LogP contribution in [0.25, 0.3) is 11.1 Å². The fourth-order valence-electron chi connectivity index (χ4n) is 5.06. The number of allylic oxidation sites excluding steroid dienone is 1. The van der Waals surface area contributed by atoms with Gasteiger partial charge in [0.15, 0.2) is 17.5 Å². The van der Waals surface area contributed by atoms with Gasteiger partial charge in [0.25, 0.3) is 0 Å². The van der Waals surface area contributed by atoms with Gasteiger partial charge in [0.05, 0.1) is 12.4 Å². The highest BCUT2D eigenvalue weighted by Crippen LogP contribution is 2.40. The van der Waals surface area contributed by atoms with Crippen LogP contribution in [0.1, 0.15) is 50.2 Å². The summed E-state index contributed by atoms with van der Waals surface area (Å²) in [6.07, 6.45) is 10.6. The van der Waals surface area contributed by atoms with Gasteiger partial charge in [-0.2, -0.15) is 0 Å². The fraction of sp³-hybridized carbons (Fsp3) is 0.440. The van der Waals surface area contributed by atoms with Crippen molar-refractivity contribution in [1.82, 2.24) is 0 Å². The van der Waals surface area contributed by atoms with E-state index in [0.717, 1.165) is 56.2 Å². The maximum Gasteiger partial charge on any atom is 0.194 e. The highest BCUT2D eigenvalue weighted by molar-refractivity contribution is 5.66. The van der Waals surface area contributed by atoms with Crippen molar-refractivity contribution < 1.29 is 22.3 Å². The van der Waals surface area contributed by atoms with Crippen molar-refractivity contribution in [2.24, 2.45) is 11.8 Å². The Bertz CT molecular complexity index is 921. The first-order chi connectivity index (χ1) is 14.5. The van der Waals surface area contributed by atoms with Gasteiger partial charge in [-0.05, 0) is 92.5 Å². The number of rotatable bonds is 4. The van der Waals surface area contributed by atoms with Gasteiger partial charge in [-0.25, -0.2) is 17.6 Å². The summed E-state index contributed by atoms with van der Waals surface area (Å²) in [7, 11) is 0. The summed E-state index contributed by atoms with van der Waals surface area (Å²) in [5, 5.41) is 0. The van der Waals surface area contributed by atoms with Crippen molar-refractivity contribution in [3.63, 3.8) is 0 Å². The zero-order valence-electron chi connectivity index (χ0n) is 17.1. The largest absolute Gasteiger partial charge is 0.498 e. The lowest BCUT2D eigenvalue weighted by Crippen LogP contribution is -2.29. The minimum absolute atomic E-state index is 0.0216. The molecule has 1 saturated carbocycles. The molecule has 1 nitrogen and oxygen atoms in total. The molecule has 0 heterocycles. The molecule has 0 spiro atoms. The average Bonchev–Trinajstić information content (AvgIpc) is 2.76. The smallest absolute Gasteiger partial charge is 0.194 e. The molecule has 0 aliphatic heterocycles. The van der Waals surface area contributed by atoms with Crippen molar-refractivity contribution in [1.29, 1.82) is 0 Å². The summed E-state index contributed by atoms with van der Waals surface area (Å²) in [6.45, 7) is 1.94. The zero-order chi connectivity index (χ0) is 21.3. The van der Waals surface area contributed by atoms with Crippen molar-refractivity contribution in [3.05, 3.63) is 71.0 Å². The number of hydrogen-bond donors (Lipinski definition) is 0. The zero-order valence-corrected chi connectivity index (χ0v) is 17.1. The topological polar surface area (TPSA) is 9.23 Å². The molecule has 2 aliphatic rings. The molecule has 2 aromatic carbocycles. The summed E-state index contributed by atoms with van der Waals surface area (Å²) < 4.78 is 61.3.